The number of benzene rings is 1. The fourth-order valence-corrected chi connectivity index (χ4v) is 4.80. The number of alkyl halides is 2. The molecule has 2 aliphatic rings. The van der Waals surface area contributed by atoms with Crippen LogP contribution in [0.2, 0.25) is 0 Å². The topological polar surface area (TPSA) is 91.0 Å². The van der Waals surface area contributed by atoms with Crippen LogP contribution in [-0.2, 0) is 4.79 Å². The standard InChI is InChI=1S/C24H20F4N4O3/c25-15-1-2-19(18(26)9-15)35-21-13-29-20(12-30-21)31-22(33)17-11-23(17)5-6-24(27,28)16(10-23)14-3-7-32(34)8-4-14/h1-4,7-9,12-13,16-17H,5-6,10-11H2,(H,29,31,33)/t16-,17?,23?/m1/s1. The third-order valence-corrected chi connectivity index (χ3v) is 6.80. The Hall–Kier alpha value is -3.76. The molecule has 1 spiro atoms. The predicted molar refractivity (Wildman–Crippen MR) is 115 cm³/mol. The van der Waals surface area contributed by atoms with Gasteiger partial charge in [-0.05, 0) is 42.4 Å². The predicted octanol–water partition coefficient (Wildman–Crippen LogP) is 4.73. The molecule has 1 N–H and O–H groups in total. The molecule has 35 heavy (non-hydrogen) atoms. The van der Waals surface area contributed by atoms with Crippen molar-refractivity contribution in [2.45, 2.75) is 37.5 Å². The zero-order chi connectivity index (χ0) is 24.8. The summed E-state index contributed by atoms with van der Waals surface area (Å²) in [4.78, 5) is 20.8. The second kappa shape index (κ2) is 8.47. The maximum atomic E-state index is 14.7. The monoisotopic (exact) mass is 488 g/mol. The molecule has 2 saturated carbocycles. The van der Waals surface area contributed by atoms with Gasteiger partial charge in [0.25, 0.3) is 5.92 Å². The van der Waals surface area contributed by atoms with Crippen LogP contribution in [0.3, 0.4) is 0 Å². The molecular formula is C24H20F4N4O3. The summed E-state index contributed by atoms with van der Waals surface area (Å²) in [6.45, 7) is 0. The van der Waals surface area contributed by atoms with Crippen molar-refractivity contribution in [3.05, 3.63) is 77.5 Å². The molecule has 0 aliphatic heterocycles. The molecule has 1 aromatic carbocycles. The van der Waals surface area contributed by atoms with E-state index in [1.54, 1.807) is 0 Å². The molecule has 0 radical (unpaired) electrons. The molecule has 1 amide bonds. The number of ether oxygens (including phenoxy) is 1. The van der Waals surface area contributed by atoms with Crippen LogP contribution < -0.4 is 14.8 Å². The fourth-order valence-electron chi connectivity index (χ4n) is 4.80. The largest absolute Gasteiger partial charge is 0.619 e. The van der Waals surface area contributed by atoms with Crippen LogP contribution in [0, 0.1) is 28.2 Å². The number of halogens is 4. The van der Waals surface area contributed by atoms with Gasteiger partial charge in [-0.25, -0.2) is 27.5 Å². The number of amides is 1. The van der Waals surface area contributed by atoms with Crippen molar-refractivity contribution in [2.75, 3.05) is 5.32 Å². The van der Waals surface area contributed by atoms with E-state index in [4.69, 9.17) is 4.74 Å². The molecule has 0 saturated heterocycles. The Labute approximate surface area is 197 Å². The molecule has 2 heterocycles. The Kier molecular flexibility index (Phi) is 5.57. The van der Waals surface area contributed by atoms with Gasteiger partial charge in [0.05, 0.1) is 12.4 Å². The summed E-state index contributed by atoms with van der Waals surface area (Å²) in [7, 11) is 0. The maximum Gasteiger partial charge on any atom is 0.254 e. The highest BCUT2D eigenvalue weighted by Gasteiger charge is 2.64. The van der Waals surface area contributed by atoms with Crippen LogP contribution in [0.25, 0.3) is 0 Å². The summed E-state index contributed by atoms with van der Waals surface area (Å²) in [6, 6.07) is 5.63. The van der Waals surface area contributed by atoms with Gasteiger partial charge in [-0.3, -0.25) is 4.79 Å². The number of carbonyl (C=O) groups excluding carboxylic acids is 1. The first-order valence-electron chi connectivity index (χ1n) is 11.0. The number of hydrogen-bond donors (Lipinski definition) is 1. The van der Waals surface area contributed by atoms with Gasteiger partial charge < -0.3 is 15.3 Å². The smallest absolute Gasteiger partial charge is 0.254 e. The summed E-state index contributed by atoms with van der Waals surface area (Å²) in [6.07, 6.45) is 5.31. The molecule has 0 bridgehead atoms. The molecular weight excluding hydrogens is 468 g/mol. The second-order valence-electron chi connectivity index (χ2n) is 9.03. The lowest BCUT2D eigenvalue weighted by Crippen LogP contribution is -2.36. The van der Waals surface area contributed by atoms with Crippen LogP contribution in [0.5, 0.6) is 11.6 Å². The number of anilines is 1. The van der Waals surface area contributed by atoms with Crippen molar-refractivity contribution in [1.29, 1.82) is 0 Å². The second-order valence-corrected chi connectivity index (χ2v) is 9.03. The number of pyridine rings is 1. The van der Waals surface area contributed by atoms with E-state index in [0.29, 0.717) is 22.8 Å². The average Bonchev–Trinajstić information content (AvgIpc) is 3.53. The van der Waals surface area contributed by atoms with Crippen molar-refractivity contribution in [2.24, 2.45) is 11.3 Å². The van der Waals surface area contributed by atoms with Crippen LogP contribution >= 0.6 is 0 Å². The number of hydrogen-bond acceptors (Lipinski definition) is 5. The lowest BCUT2D eigenvalue weighted by atomic mass is 9.72. The minimum atomic E-state index is -2.92. The van der Waals surface area contributed by atoms with Gasteiger partial charge >= 0.3 is 0 Å². The quantitative estimate of drug-likeness (QED) is 0.319. The van der Waals surface area contributed by atoms with Crippen LogP contribution in [0.15, 0.2) is 55.1 Å². The lowest BCUT2D eigenvalue weighted by molar-refractivity contribution is -0.605. The summed E-state index contributed by atoms with van der Waals surface area (Å²) >= 11 is 0. The van der Waals surface area contributed by atoms with E-state index in [2.05, 4.69) is 15.3 Å². The van der Waals surface area contributed by atoms with Crippen molar-refractivity contribution < 1.29 is 31.8 Å². The fraction of sp³-hybridized carbons (Fsp3) is 0.333. The van der Waals surface area contributed by atoms with Gasteiger partial charge in [-0.2, -0.15) is 4.73 Å². The van der Waals surface area contributed by atoms with E-state index in [0.717, 1.165) is 12.1 Å². The van der Waals surface area contributed by atoms with E-state index in [-0.39, 0.29) is 42.6 Å². The Balaban J connectivity index is 1.23. The Morgan fingerprint density at radius 3 is 2.54 bits per heavy atom. The molecule has 2 fully saturated rings. The van der Waals surface area contributed by atoms with Crippen LogP contribution in [0.1, 0.15) is 37.2 Å². The van der Waals surface area contributed by atoms with E-state index >= 15 is 0 Å². The van der Waals surface area contributed by atoms with Crippen LogP contribution in [-0.4, -0.2) is 21.8 Å². The molecule has 11 heteroatoms. The maximum absolute atomic E-state index is 14.7. The number of nitrogens with one attached hydrogen (secondary N) is 1. The van der Waals surface area contributed by atoms with Gasteiger partial charge in [-0.1, -0.05) is 0 Å². The van der Waals surface area contributed by atoms with E-state index in [1.165, 1.54) is 36.9 Å². The Morgan fingerprint density at radius 2 is 1.86 bits per heavy atom. The van der Waals surface area contributed by atoms with Gasteiger partial charge in [0, 0.05) is 36.5 Å². The van der Waals surface area contributed by atoms with Crippen molar-refractivity contribution >= 4 is 11.7 Å². The van der Waals surface area contributed by atoms with Crippen molar-refractivity contribution in [3.8, 4) is 11.6 Å². The molecule has 3 aromatic rings. The third-order valence-electron chi connectivity index (χ3n) is 6.80. The summed E-state index contributed by atoms with van der Waals surface area (Å²) in [5.74, 6) is -6.59. The number of carbonyl (C=O) groups is 1. The minimum Gasteiger partial charge on any atom is -0.619 e. The summed E-state index contributed by atoms with van der Waals surface area (Å²) < 4.78 is 61.9. The van der Waals surface area contributed by atoms with Crippen molar-refractivity contribution in [1.82, 2.24) is 9.97 Å². The highest BCUT2D eigenvalue weighted by atomic mass is 19.3. The van der Waals surface area contributed by atoms with Gasteiger partial charge in [-0.15, -0.1) is 0 Å². The molecule has 7 nitrogen and oxygen atoms in total. The molecule has 2 aromatic heterocycles. The van der Waals surface area contributed by atoms with Crippen molar-refractivity contribution in [3.63, 3.8) is 0 Å². The molecule has 5 rings (SSSR count). The van der Waals surface area contributed by atoms with Gasteiger partial charge in [0.15, 0.2) is 29.8 Å². The highest BCUT2D eigenvalue weighted by molar-refractivity contribution is 5.94. The molecule has 3 atom stereocenters. The zero-order valence-corrected chi connectivity index (χ0v) is 18.3. The van der Waals surface area contributed by atoms with E-state index in [1.807, 2.05) is 0 Å². The number of nitrogens with zero attached hydrogens (tertiary/aromatic N) is 3. The zero-order valence-electron chi connectivity index (χ0n) is 18.3. The lowest BCUT2D eigenvalue weighted by Gasteiger charge is -2.37. The first-order chi connectivity index (χ1) is 16.6. The summed E-state index contributed by atoms with van der Waals surface area (Å²) in [5.41, 5.74) is -0.151. The minimum absolute atomic E-state index is 0.0592. The first-order valence-corrected chi connectivity index (χ1v) is 11.0. The molecule has 2 aliphatic carbocycles. The molecule has 2 unspecified atom stereocenters. The van der Waals surface area contributed by atoms with Crippen LogP contribution in [0.4, 0.5) is 23.4 Å². The van der Waals surface area contributed by atoms with E-state index < -0.39 is 34.8 Å². The highest BCUT2D eigenvalue weighted by Crippen LogP contribution is 2.66. The van der Waals surface area contributed by atoms with E-state index in [9.17, 15) is 27.6 Å². The number of rotatable bonds is 5. The summed E-state index contributed by atoms with van der Waals surface area (Å²) in [5, 5.41) is 13.9. The van der Waals surface area contributed by atoms with Gasteiger partial charge in [0.2, 0.25) is 11.8 Å². The Bertz CT molecular complexity index is 1260. The normalized spacial score (nSPS) is 24.7. The number of aromatic nitrogens is 3. The van der Waals surface area contributed by atoms with Gasteiger partial charge in [0.1, 0.15) is 5.82 Å². The SMILES string of the molecule is O=C(Nc1cnc(Oc2ccc(F)cc2F)cn1)C1CC12CCC(F)(F)[C@@H](c1cc[n+]([O-])cc1)C2. The Morgan fingerprint density at radius 1 is 1.09 bits per heavy atom. The first kappa shape index (κ1) is 23.0. The third kappa shape index (κ3) is 4.62. The molecule has 182 valence electrons. The average molecular weight is 488 g/mol.